The highest BCUT2D eigenvalue weighted by molar-refractivity contribution is 4.93. The van der Waals surface area contributed by atoms with Crippen LogP contribution < -0.4 is 0 Å². The van der Waals surface area contributed by atoms with Crippen molar-refractivity contribution in [2.24, 2.45) is 17.8 Å². The molecule has 0 aromatic heterocycles. The Bertz CT molecular complexity index is 325. The number of hydrogen-bond acceptors (Lipinski definition) is 4. The van der Waals surface area contributed by atoms with Crippen molar-refractivity contribution in [2.75, 3.05) is 19.8 Å². The Kier molecular flexibility index (Phi) is 3.75. The van der Waals surface area contributed by atoms with Gasteiger partial charge in [0.25, 0.3) is 0 Å². The largest absolute Gasteiger partial charge is 0.378 e. The summed E-state index contributed by atoms with van der Waals surface area (Å²) < 4.78 is 23.4. The van der Waals surface area contributed by atoms with Crippen LogP contribution in [0.25, 0.3) is 0 Å². The minimum absolute atomic E-state index is 0.0219. The summed E-state index contributed by atoms with van der Waals surface area (Å²) in [6.07, 6.45) is 7.33. The van der Waals surface area contributed by atoms with Crippen LogP contribution in [0.2, 0.25) is 0 Å². The van der Waals surface area contributed by atoms with Gasteiger partial charge in [-0.05, 0) is 44.9 Å². The summed E-state index contributed by atoms with van der Waals surface area (Å²) in [5.41, 5.74) is 0. The molecule has 114 valence electrons. The molecule has 4 rings (SSSR count). The number of ether oxygens (including phenoxy) is 4. The molecule has 0 radical (unpaired) electrons. The lowest BCUT2D eigenvalue weighted by atomic mass is 9.83. The van der Waals surface area contributed by atoms with Crippen LogP contribution in [0.3, 0.4) is 0 Å². The topological polar surface area (TPSA) is 40.2 Å². The third-order valence-corrected chi connectivity index (χ3v) is 5.57. The van der Waals surface area contributed by atoms with E-state index in [0.717, 1.165) is 39.1 Å². The van der Waals surface area contributed by atoms with Gasteiger partial charge in [-0.2, -0.15) is 0 Å². The zero-order chi connectivity index (χ0) is 13.5. The lowest BCUT2D eigenvalue weighted by Gasteiger charge is -2.39. The number of rotatable bonds is 2. The van der Waals surface area contributed by atoms with Crippen molar-refractivity contribution in [3.63, 3.8) is 0 Å². The second-order valence-corrected chi connectivity index (χ2v) is 7.05. The minimum Gasteiger partial charge on any atom is -0.378 e. The Morgan fingerprint density at radius 3 is 2.35 bits per heavy atom. The quantitative estimate of drug-likeness (QED) is 0.729. The molecule has 1 aliphatic carbocycles. The molecule has 3 aliphatic heterocycles. The molecule has 0 N–H and O–H groups in total. The zero-order valence-electron chi connectivity index (χ0n) is 12.3. The van der Waals surface area contributed by atoms with Gasteiger partial charge in [0.15, 0.2) is 6.29 Å². The molecular formula is C16H26O4. The molecule has 4 fully saturated rings. The first kappa shape index (κ1) is 13.5. The molecular weight excluding hydrogens is 256 g/mol. The van der Waals surface area contributed by atoms with Gasteiger partial charge in [0.2, 0.25) is 0 Å². The van der Waals surface area contributed by atoms with Crippen LogP contribution in [0.1, 0.15) is 39.0 Å². The van der Waals surface area contributed by atoms with Crippen molar-refractivity contribution in [3.8, 4) is 0 Å². The fourth-order valence-electron chi connectivity index (χ4n) is 4.22. The van der Waals surface area contributed by atoms with E-state index in [9.17, 15) is 0 Å². The third kappa shape index (κ3) is 2.76. The van der Waals surface area contributed by atoms with E-state index in [-0.39, 0.29) is 6.29 Å². The van der Waals surface area contributed by atoms with E-state index in [2.05, 4.69) is 6.92 Å². The van der Waals surface area contributed by atoms with Gasteiger partial charge in [-0.1, -0.05) is 0 Å². The van der Waals surface area contributed by atoms with Gasteiger partial charge < -0.3 is 18.9 Å². The molecule has 0 aromatic carbocycles. The molecule has 0 amide bonds. The lowest BCUT2D eigenvalue weighted by Crippen LogP contribution is -2.42. The maximum Gasteiger partial charge on any atom is 0.160 e. The Morgan fingerprint density at radius 2 is 1.60 bits per heavy atom. The Labute approximate surface area is 121 Å². The highest BCUT2D eigenvalue weighted by atomic mass is 16.7. The SMILES string of the molecule is CC1CC(C2COC(C3CCC4OC4C3)OC2)CCO1. The van der Waals surface area contributed by atoms with Crippen LogP contribution in [0.4, 0.5) is 0 Å². The molecule has 3 heterocycles. The first-order valence-electron chi connectivity index (χ1n) is 8.30. The van der Waals surface area contributed by atoms with Crippen LogP contribution in [0, 0.1) is 17.8 Å². The van der Waals surface area contributed by atoms with Crippen molar-refractivity contribution < 1.29 is 18.9 Å². The summed E-state index contributed by atoms with van der Waals surface area (Å²) >= 11 is 0. The normalized spacial score (nSPS) is 52.4. The van der Waals surface area contributed by atoms with Crippen LogP contribution >= 0.6 is 0 Å². The van der Waals surface area contributed by atoms with E-state index in [1.165, 1.54) is 12.8 Å². The first-order chi connectivity index (χ1) is 9.79. The van der Waals surface area contributed by atoms with E-state index >= 15 is 0 Å². The molecule has 5 unspecified atom stereocenters. The number of fused-ring (bicyclic) bond motifs is 1. The van der Waals surface area contributed by atoms with Crippen molar-refractivity contribution in [3.05, 3.63) is 0 Å². The fraction of sp³-hybridized carbons (Fsp3) is 1.00. The van der Waals surface area contributed by atoms with Gasteiger partial charge in [-0.3, -0.25) is 0 Å². The second kappa shape index (κ2) is 5.56. The Hall–Kier alpha value is -0.160. The standard InChI is InChI=1S/C16H26O4/c1-10-6-11(4-5-17-10)13-8-18-16(19-9-13)12-2-3-14-15(7-12)20-14/h10-16H,2-9H2,1H3. The summed E-state index contributed by atoms with van der Waals surface area (Å²) in [5, 5.41) is 0. The van der Waals surface area contributed by atoms with Crippen molar-refractivity contribution in [2.45, 2.75) is 63.6 Å². The predicted octanol–water partition coefficient (Wildman–Crippen LogP) is 2.36. The second-order valence-electron chi connectivity index (χ2n) is 7.05. The maximum absolute atomic E-state index is 6.07. The summed E-state index contributed by atoms with van der Waals surface area (Å²) in [5.74, 6) is 1.82. The van der Waals surface area contributed by atoms with Crippen LogP contribution in [-0.4, -0.2) is 44.4 Å². The molecule has 4 nitrogen and oxygen atoms in total. The summed E-state index contributed by atoms with van der Waals surface area (Å²) in [6.45, 7) is 4.81. The maximum atomic E-state index is 6.07. The Balaban J connectivity index is 1.27. The molecule has 0 spiro atoms. The molecule has 3 saturated heterocycles. The van der Waals surface area contributed by atoms with Crippen LogP contribution in [0.15, 0.2) is 0 Å². The summed E-state index contributed by atoms with van der Waals surface area (Å²) in [6, 6.07) is 0. The van der Waals surface area contributed by atoms with E-state index < -0.39 is 0 Å². The zero-order valence-corrected chi connectivity index (χ0v) is 12.3. The molecule has 0 bridgehead atoms. The molecule has 4 aliphatic rings. The number of hydrogen-bond donors (Lipinski definition) is 0. The third-order valence-electron chi connectivity index (χ3n) is 5.57. The molecule has 0 aromatic rings. The van der Waals surface area contributed by atoms with E-state index in [1.54, 1.807) is 0 Å². The Morgan fingerprint density at radius 1 is 0.750 bits per heavy atom. The van der Waals surface area contributed by atoms with E-state index in [4.69, 9.17) is 18.9 Å². The molecule has 4 heteroatoms. The highest BCUT2D eigenvalue weighted by Crippen LogP contribution is 2.42. The van der Waals surface area contributed by atoms with Crippen molar-refractivity contribution >= 4 is 0 Å². The minimum atomic E-state index is 0.0219. The van der Waals surface area contributed by atoms with Gasteiger partial charge in [0.05, 0.1) is 31.5 Å². The summed E-state index contributed by atoms with van der Waals surface area (Å²) in [4.78, 5) is 0. The molecule has 1 saturated carbocycles. The smallest absolute Gasteiger partial charge is 0.160 e. The van der Waals surface area contributed by atoms with Gasteiger partial charge in [-0.25, -0.2) is 0 Å². The highest BCUT2D eigenvalue weighted by Gasteiger charge is 2.47. The van der Waals surface area contributed by atoms with E-state index in [0.29, 0.717) is 36.1 Å². The van der Waals surface area contributed by atoms with Gasteiger partial charge in [0, 0.05) is 18.4 Å². The van der Waals surface area contributed by atoms with E-state index in [1.807, 2.05) is 0 Å². The molecule has 5 atom stereocenters. The molecule has 20 heavy (non-hydrogen) atoms. The van der Waals surface area contributed by atoms with Gasteiger partial charge >= 0.3 is 0 Å². The van der Waals surface area contributed by atoms with Crippen LogP contribution in [0.5, 0.6) is 0 Å². The van der Waals surface area contributed by atoms with Crippen molar-refractivity contribution in [1.29, 1.82) is 0 Å². The summed E-state index contributed by atoms with van der Waals surface area (Å²) in [7, 11) is 0. The van der Waals surface area contributed by atoms with Crippen molar-refractivity contribution in [1.82, 2.24) is 0 Å². The number of epoxide rings is 1. The van der Waals surface area contributed by atoms with Gasteiger partial charge in [0.1, 0.15) is 0 Å². The average Bonchev–Trinajstić information content (AvgIpc) is 3.26. The first-order valence-corrected chi connectivity index (χ1v) is 8.30. The average molecular weight is 282 g/mol. The fourth-order valence-corrected chi connectivity index (χ4v) is 4.22. The van der Waals surface area contributed by atoms with Gasteiger partial charge in [-0.15, -0.1) is 0 Å². The monoisotopic (exact) mass is 282 g/mol. The predicted molar refractivity (Wildman–Crippen MR) is 73.3 cm³/mol. The van der Waals surface area contributed by atoms with Crippen LogP contribution in [-0.2, 0) is 18.9 Å². The lowest BCUT2D eigenvalue weighted by molar-refractivity contribution is -0.237.